The predicted molar refractivity (Wildman–Crippen MR) is 97.2 cm³/mol. The summed E-state index contributed by atoms with van der Waals surface area (Å²) in [4.78, 5) is 40.2. The number of benzene rings is 1. The molecule has 2 amide bonds. The van der Waals surface area contributed by atoms with Crippen LogP contribution in [0.4, 0.5) is 5.69 Å². The third kappa shape index (κ3) is 4.89. The molecule has 0 bridgehead atoms. The topological polar surface area (TPSA) is 97.4 Å². The summed E-state index contributed by atoms with van der Waals surface area (Å²) >= 11 is 0. The summed E-state index contributed by atoms with van der Waals surface area (Å²) in [6.45, 7) is 3.85. The Morgan fingerprint density at radius 2 is 1.73 bits per heavy atom. The Hall–Kier alpha value is -3.22. The van der Waals surface area contributed by atoms with Crippen molar-refractivity contribution < 1.29 is 19.1 Å². The number of nitrogens with zero attached hydrogens (tertiary/aromatic N) is 1. The van der Waals surface area contributed by atoms with Crippen LogP contribution >= 0.6 is 0 Å². The first-order valence-corrected chi connectivity index (χ1v) is 8.22. The lowest BCUT2D eigenvalue weighted by molar-refractivity contribution is 0.0600. The van der Waals surface area contributed by atoms with Gasteiger partial charge in [-0.3, -0.25) is 9.59 Å². The molecular weight excluding hydrogens is 334 g/mol. The van der Waals surface area contributed by atoms with E-state index in [-0.39, 0.29) is 23.3 Å². The zero-order valence-electron chi connectivity index (χ0n) is 14.9. The largest absolute Gasteiger partial charge is 0.465 e. The molecule has 1 atom stereocenters. The first-order valence-electron chi connectivity index (χ1n) is 8.22. The number of carbonyl (C=O) groups excluding carboxylic acids is 3. The van der Waals surface area contributed by atoms with E-state index < -0.39 is 11.9 Å². The molecule has 7 heteroatoms. The highest BCUT2D eigenvalue weighted by Gasteiger charge is 2.14. The third-order valence-electron chi connectivity index (χ3n) is 3.75. The molecule has 26 heavy (non-hydrogen) atoms. The van der Waals surface area contributed by atoms with E-state index in [1.54, 1.807) is 30.3 Å². The average molecular weight is 355 g/mol. The summed E-state index contributed by atoms with van der Waals surface area (Å²) in [5.74, 6) is -1.31. The van der Waals surface area contributed by atoms with E-state index in [1.165, 1.54) is 19.2 Å². The molecule has 0 radical (unpaired) electrons. The van der Waals surface area contributed by atoms with Gasteiger partial charge in [-0.25, -0.2) is 9.78 Å². The average Bonchev–Trinajstić information content (AvgIpc) is 2.67. The highest BCUT2D eigenvalue weighted by atomic mass is 16.5. The van der Waals surface area contributed by atoms with Crippen LogP contribution in [0.2, 0.25) is 0 Å². The molecule has 1 heterocycles. The van der Waals surface area contributed by atoms with Crippen LogP contribution in [0.15, 0.2) is 42.5 Å². The summed E-state index contributed by atoms with van der Waals surface area (Å²) in [5.41, 5.74) is 1.01. The Labute approximate surface area is 151 Å². The van der Waals surface area contributed by atoms with Crippen LogP contribution in [-0.2, 0) is 4.74 Å². The molecule has 2 N–H and O–H groups in total. The van der Waals surface area contributed by atoms with E-state index >= 15 is 0 Å². The van der Waals surface area contributed by atoms with Gasteiger partial charge in [0.15, 0.2) is 0 Å². The summed E-state index contributed by atoms with van der Waals surface area (Å²) in [5, 5.41) is 5.46. The van der Waals surface area contributed by atoms with Gasteiger partial charge in [-0.15, -0.1) is 0 Å². The smallest absolute Gasteiger partial charge is 0.337 e. The number of hydrogen-bond donors (Lipinski definition) is 2. The van der Waals surface area contributed by atoms with E-state index in [4.69, 9.17) is 0 Å². The number of pyridine rings is 1. The van der Waals surface area contributed by atoms with Gasteiger partial charge in [0.1, 0.15) is 11.4 Å². The number of aromatic nitrogens is 1. The maximum absolute atomic E-state index is 12.4. The Morgan fingerprint density at radius 3 is 2.38 bits per heavy atom. The Morgan fingerprint density at radius 1 is 1.08 bits per heavy atom. The summed E-state index contributed by atoms with van der Waals surface area (Å²) in [7, 11) is 1.29. The van der Waals surface area contributed by atoms with Crippen LogP contribution in [0, 0.1) is 0 Å². The van der Waals surface area contributed by atoms with Crippen molar-refractivity contribution in [2.75, 3.05) is 12.4 Å². The number of amides is 2. The van der Waals surface area contributed by atoms with Crippen molar-refractivity contribution in [3.05, 3.63) is 59.4 Å². The van der Waals surface area contributed by atoms with Gasteiger partial charge in [0.05, 0.1) is 12.7 Å². The minimum absolute atomic E-state index is 0.0165. The molecule has 0 fully saturated rings. The SMILES string of the molecule is CCC(C)NC(=O)c1cccc(C(=O)Nc2cccc(C(=O)OC)c2)n1. The molecule has 0 spiro atoms. The standard InChI is InChI=1S/C19H21N3O4/c1-4-12(2)20-17(23)15-9-6-10-16(22-15)18(24)21-14-8-5-7-13(11-14)19(25)26-3/h5-12H,4H2,1-3H3,(H,20,23)(H,21,24). The van der Waals surface area contributed by atoms with Crippen molar-refractivity contribution in [3.8, 4) is 0 Å². The monoisotopic (exact) mass is 355 g/mol. The number of carbonyl (C=O) groups is 3. The molecule has 1 aromatic carbocycles. The minimum atomic E-state index is -0.497. The van der Waals surface area contributed by atoms with Crippen LogP contribution in [0.5, 0.6) is 0 Å². The van der Waals surface area contributed by atoms with Gasteiger partial charge in [-0.1, -0.05) is 19.1 Å². The molecule has 0 aliphatic rings. The molecule has 0 saturated heterocycles. The second-order valence-electron chi connectivity index (χ2n) is 5.72. The molecule has 0 saturated carbocycles. The summed E-state index contributed by atoms with van der Waals surface area (Å²) < 4.78 is 4.66. The van der Waals surface area contributed by atoms with Gasteiger partial charge in [-0.2, -0.15) is 0 Å². The van der Waals surface area contributed by atoms with Gasteiger partial charge >= 0.3 is 5.97 Å². The van der Waals surface area contributed by atoms with E-state index in [2.05, 4.69) is 20.4 Å². The number of methoxy groups -OCH3 is 1. The molecule has 0 aliphatic heterocycles. The molecule has 1 aromatic heterocycles. The number of rotatable bonds is 6. The number of anilines is 1. The lowest BCUT2D eigenvalue weighted by Gasteiger charge is -2.11. The van der Waals surface area contributed by atoms with Crippen molar-refractivity contribution in [2.45, 2.75) is 26.3 Å². The van der Waals surface area contributed by atoms with Crippen LogP contribution in [0.25, 0.3) is 0 Å². The maximum atomic E-state index is 12.4. The second-order valence-corrected chi connectivity index (χ2v) is 5.72. The van der Waals surface area contributed by atoms with Crippen LogP contribution in [-0.4, -0.2) is 35.9 Å². The number of hydrogen-bond acceptors (Lipinski definition) is 5. The molecule has 2 aromatic rings. The predicted octanol–water partition coefficient (Wildman–Crippen LogP) is 2.65. The van der Waals surface area contributed by atoms with Crippen molar-refractivity contribution in [3.63, 3.8) is 0 Å². The van der Waals surface area contributed by atoms with E-state index in [0.717, 1.165) is 6.42 Å². The van der Waals surface area contributed by atoms with E-state index in [9.17, 15) is 14.4 Å². The fraction of sp³-hybridized carbons (Fsp3) is 0.263. The van der Waals surface area contributed by atoms with Gasteiger partial charge in [0.2, 0.25) is 0 Å². The van der Waals surface area contributed by atoms with E-state index in [0.29, 0.717) is 11.3 Å². The van der Waals surface area contributed by atoms with Gasteiger partial charge in [0.25, 0.3) is 11.8 Å². The van der Waals surface area contributed by atoms with Crippen molar-refractivity contribution in [1.82, 2.24) is 10.3 Å². The lowest BCUT2D eigenvalue weighted by Crippen LogP contribution is -2.32. The molecule has 2 rings (SSSR count). The number of ether oxygens (including phenoxy) is 1. The lowest BCUT2D eigenvalue weighted by atomic mass is 10.2. The summed E-state index contributed by atoms with van der Waals surface area (Å²) in [6, 6.07) is 11.0. The zero-order chi connectivity index (χ0) is 19.1. The Bertz CT molecular complexity index is 820. The Kier molecular flexibility index (Phi) is 6.43. The highest BCUT2D eigenvalue weighted by molar-refractivity contribution is 6.04. The van der Waals surface area contributed by atoms with Gasteiger partial charge < -0.3 is 15.4 Å². The fourth-order valence-corrected chi connectivity index (χ4v) is 2.12. The summed E-state index contributed by atoms with van der Waals surface area (Å²) in [6.07, 6.45) is 0.794. The molecule has 7 nitrogen and oxygen atoms in total. The highest BCUT2D eigenvalue weighted by Crippen LogP contribution is 2.13. The van der Waals surface area contributed by atoms with Crippen LogP contribution < -0.4 is 10.6 Å². The number of nitrogens with one attached hydrogen (secondary N) is 2. The first kappa shape index (κ1) is 19.1. The zero-order valence-corrected chi connectivity index (χ0v) is 14.9. The Balaban J connectivity index is 2.14. The second kappa shape index (κ2) is 8.75. The fourth-order valence-electron chi connectivity index (χ4n) is 2.12. The minimum Gasteiger partial charge on any atom is -0.465 e. The van der Waals surface area contributed by atoms with E-state index in [1.807, 2.05) is 13.8 Å². The maximum Gasteiger partial charge on any atom is 0.337 e. The third-order valence-corrected chi connectivity index (χ3v) is 3.75. The normalized spacial score (nSPS) is 11.3. The molecule has 1 unspecified atom stereocenters. The van der Waals surface area contributed by atoms with Crippen molar-refractivity contribution >= 4 is 23.5 Å². The van der Waals surface area contributed by atoms with Gasteiger partial charge in [0, 0.05) is 11.7 Å². The molecule has 136 valence electrons. The van der Waals surface area contributed by atoms with Gasteiger partial charge in [-0.05, 0) is 43.7 Å². The quantitative estimate of drug-likeness (QED) is 0.777. The first-order chi connectivity index (χ1) is 12.4. The van der Waals surface area contributed by atoms with Crippen LogP contribution in [0.3, 0.4) is 0 Å². The molecule has 0 aliphatic carbocycles. The molecular formula is C19H21N3O4. The number of esters is 1. The van der Waals surface area contributed by atoms with Crippen molar-refractivity contribution in [2.24, 2.45) is 0 Å². The van der Waals surface area contributed by atoms with Crippen LogP contribution in [0.1, 0.15) is 51.6 Å². The van der Waals surface area contributed by atoms with Crippen molar-refractivity contribution in [1.29, 1.82) is 0 Å².